The fraction of sp³-hybridized carbons (Fsp3) is 0.286. The van der Waals surface area contributed by atoms with Crippen molar-refractivity contribution >= 4 is 17.4 Å². The molecule has 0 aromatic heterocycles. The van der Waals surface area contributed by atoms with E-state index in [4.69, 9.17) is 0 Å². The van der Waals surface area contributed by atoms with Crippen LogP contribution >= 0.6 is 0 Å². The highest BCUT2D eigenvalue weighted by molar-refractivity contribution is 6.10. The summed E-state index contributed by atoms with van der Waals surface area (Å²) in [6.07, 6.45) is -0.270. The Balaban J connectivity index is 1.28. The smallest absolute Gasteiger partial charge is 0.265 e. The quantitative estimate of drug-likeness (QED) is 0.554. The summed E-state index contributed by atoms with van der Waals surface area (Å²) in [6, 6.07) is 26.5. The summed E-state index contributed by atoms with van der Waals surface area (Å²) in [5.41, 5.74) is 1.13. The Morgan fingerprint density at radius 1 is 0.794 bits per heavy atom. The first-order valence-corrected chi connectivity index (χ1v) is 11.8. The van der Waals surface area contributed by atoms with E-state index in [-0.39, 0.29) is 12.2 Å². The second kappa shape index (κ2) is 9.50. The van der Waals surface area contributed by atoms with Crippen molar-refractivity contribution in [2.45, 2.75) is 18.6 Å². The number of carbonyl (C=O) groups is 2. The number of ketones is 1. The number of benzene rings is 3. The zero-order valence-electron chi connectivity index (χ0n) is 19.1. The number of fused-ring (bicyclic) bond motifs is 1. The lowest BCUT2D eigenvalue weighted by atomic mass is 9.88. The zero-order valence-corrected chi connectivity index (χ0v) is 19.1. The van der Waals surface area contributed by atoms with Crippen LogP contribution in [0.4, 0.5) is 5.69 Å². The first-order valence-electron chi connectivity index (χ1n) is 11.8. The lowest BCUT2D eigenvalue weighted by Gasteiger charge is -2.37. The number of nitrogens with zero attached hydrogens (tertiary/aromatic N) is 3. The molecule has 2 heterocycles. The van der Waals surface area contributed by atoms with Gasteiger partial charge >= 0.3 is 0 Å². The van der Waals surface area contributed by atoms with Crippen LogP contribution in [0.1, 0.15) is 27.9 Å². The monoisotopic (exact) mass is 455 g/mol. The van der Waals surface area contributed by atoms with Crippen LogP contribution < -0.4 is 4.90 Å². The second-order valence-electron chi connectivity index (χ2n) is 9.10. The summed E-state index contributed by atoms with van der Waals surface area (Å²) in [6.45, 7) is 4.81. The number of carbonyl (C=O) groups excluding carboxylic acids is 2. The normalized spacial score (nSPS) is 21.0. The fourth-order valence-electron chi connectivity index (χ4n) is 4.91. The van der Waals surface area contributed by atoms with Crippen molar-refractivity contribution in [2.75, 3.05) is 37.7 Å². The third-order valence-electron chi connectivity index (χ3n) is 6.81. The molecule has 1 N–H and O–H groups in total. The van der Waals surface area contributed by atoms with Gasteiger partial charge in [-0.3, -0.25) is 24.3 Å². The first kappa shape index (κ1) is 22.5. The molecule has 0 radical (unpaired) electrons. The van der Waals surface area contributed by atoms with E-state index < -0.39 is 11.5 Å². The maximum atomic E-state index is 13.5. The molecule has 5 rings (SSSR count). The summed E-state index contributed by atoms with van der Waals surface area (Å²) in [5.74, 6) is -0.674. The second-order valence-corrected chi connectivity index (χ2v) is 9.10. The molecule has 0 saturated carbocycles. The Morgan fingerprint density at radius 2 is 1.38 bits per heavy atom. The molecule has 1 amide bonds. The predicted molar refractivity (Wildman–Crippen MR) is 131 cm³/mol. The highest BCUT2D eigenvalue weighted by atomic mass is 16.3. The van der Waals surface area contributed by atoms with Crippen LogP contribution in [-0.4, -0.2) is 59.4 Å². The van der Waals surface area contributed by atoms with Crippen molar-refractivity contribution in [3.05, 3.63) is 102 Å². The number of piperazine rings is 1. The number of aliphatic hydroxyl groups is 1. The van der Waals surface area contributed by atoms with Gasteiger partial charge in [-0.2, -0.15) is 0 Å². The van der Waals surface area contributed by atoms with E-state index in [1.54, 1.807) is 41.3 Å². The molecule has 0 aliphatic carbocycles. The zero-order chi connectivity index (χ0) is 23.5. The van der Waals surface area contributed by atoms with Gasteiger partial charge in [0.05, 0.1) is 18.8 Å². The lowest BCUT2D eigenvalue weighted by molar-refractivity contribution is -0.136. The minimum absolute atomic E-state index is 0.248. The molecular formula is C28H29N3O3. The number of rotatable bonds is 7. The number of Topliss-reactive ketones (excluding diaryl/α,β-unsaturated/α-hetero) is 1. The molecule has 1 unspecified atom stereocenters. The van der Waals surface area contributed by atoms with Crippen molar-refractivity contribution in [2.24, 2.45) is 0 Å². The average Bonchev–Trinajstić information content (AvgIpc) is 3.08. The molecule has 3 aromatic carbocycles. The number of amides is 1. The Labute approximate surface area is 200 Å². The predicted octanol–water partition coefficient (Wildman–Crippen LogP) is 3.27. The van der Waals surface area contributed by atoms with Crippen LogP contribution in [0.5, 0.6) is 0 Å². The van der Waals surface area contributed by atoms with Gasteiger partial charge in [0, 0.05) is 43.9 Å². The molecule has 1 fully saturated rings. The van der Waals surface area contributed by atoms with Crippen molar-refractivity contribution in [1.29, 1.82) is 0 Å². The summed E-state index contributed by atoms with van der Waals surface area (Å²) in [5, 5.41) is 11.5. The maximum Gasteiger partial charge on any atom is 0.265 e. The number of hydrogen-bond acceptors (Lipinski definition) is 5. The van der Waals surface area contributed by atoms with Crippen LogP contribution in [0, 0.1) is 0 Å². The molecule has 2 aliphatic rings. The number of hydrogen-bond donors (Lipinski definition) is 1. The van der Waals surface area contributed by atoms with Crippen molar-refractivity contribution < 1.29 is 14.7 Å². The van der Waals surface area contributed by atoms with Crippen LogP contribution in [0.15, 0.2) is 84.9 Å². The van der Waals surface area contributed by atoms with E-state index in [0.29, 0.717) is 23.5 Å². The van der Waals surface area contributed by atoms with Gasteiger partial charge < -0.3 is 5.11 Å². The lowest BCUT2D eigenvalue weighted by Crippen LogP contribution is -2.52. The SMILES string of the molecule is O=C(CC1(O)C(=O)N(CN2CCN(Cc3ccccc3)CC2)c2ccccc21)c1ccccc1. The third-order valence-corrected chi connectivity index (χ3v) is 6.81. The van der Waals surface area contributed by atoms with Crippen molar-refractivity contribution in [3.63, 3.8) is 0 Å². The molecule has 0 spiro atoms. The van der Waals surface area contributed by atoms with Gasteiger partial charge in [-0.15, -0.1) is 0 Å². The third kappa shape index (κ3) is 4.40. The first-order chi connectivity index (χ1) is 16.5. The van der Waals surface area contributed by atoms with E-state index in [1.807, 2.05) is 24.3 Å². The maximum absolute atomic E-state index is 13.5. The molecule has 6 heteroatoms. The van der Waals surface area contributed by atoms with Crippen molar-refractivity contribution in [3.8, 4) is 0 Å². The Hall–Kier alpha value is -3.32. The Bertz CT molecular complexity index is 1160. The summed E-state index contributed by atoms with van der Waals surface area (Å²) >= 11 is 0. The van der Waals surface area contributed by atoms with Gasteiger partial charge in [0.15, 0.2) is 11.4 Å². The minimum atomic E-state index is -1.85. The summed E-state index contributed by atoms with van der Waals surface area (Å²) in [4.78, 5) is 32.7. The van der Waals surface area contributed by atoms with Gasteiger partial charge in [-0.05, 0) is 11.6 Å². The van der Waals surface area contributed by atoms with Crippen LogP contribution in [0.3, 0.4) is 0 Å². The topological polar surface area (TPSA) is 64.1 Å². The van der Waals surface area contributed by atoms with Gasteiger partial charge in [0.25, 0.3) is 5.91 Å². The van der Waals surface area contributed by atoms with Gasteiger partial charge in [-0.25, -0.2) is 0 Å². The van der Waals surface area contributed by atoms with Crippen molar-refractivity contribution in [1.82, 2.24) is 9.80 Å². The van der Waals surface area contributed by atoms with E-state index in [1.165, 1.54) is 5.56 Å². The van der Waals surface area contributed by atoms with Crippen LogP contribution in [0.2, 0.25) is 0 Å². The highest BCUT2D eigenvalue weighted by Gasteiger charge is 2.51. The Morgan fingerprint density at radius 3 is 2.09 bits per heavy atom. The van der Waals surface area contributed by atoms with E-state index in [2.05, 4.69) is 34.1 Å². The van der Waals surface area contributed by atoms with E-state index >= 15 is 0 Å². The van der Waals surface area contributed by atoms with Gasteiger partial charge in [0.1, 0.15) is 0 Å². The van der Waals surface area contributed by atoms with Crippen LogP contribution in [-0.2, 0) is 16.9 Å². The number of para-hydroxylation sites is 1. The number of anilines is 1. The molecule has 6 nitrogen and oxygen atoms in total. The fourth-order valence-corrected chi connectivity index (χ4v) is 4.91. The molecule has 34 heavy (non-hydrogen) atoms. The largest absolute Gasteiger partial charge is 0.375 e. The molecule has 2 aliphatic heterocycles. The molecule has 0 bridgehead atoms. The molecule has 174 valence electrons. The molecular weight excluding hydrogens is 426 g/mol. The molecule has 1 atom stereocenters. The average molecular weight is 456 g/mol. The van der Waals surface area contributed by atoms with Gasteiger partial charge in [-0.1, -0.05) is 78.9 Å². The minimum Gasteiger partial charge on any atom is -0.375 e. The molecule has 1 saturated heterocycles. The van der Waals surface area contributed by atoms with E-state index in [0.717, 1.165) is 32.7 Å². The van der Waals surface area contributed by atoms with E-state index in [9.17, 15) is 14.7 Å². The van der Waals surface area contributed by atoms with Gasteiger partial charge in [0.2, 0.25) is 0 Å². The summed E-state index contributed by atoms with van der Waals surface area (Å²) < 4.78 is 0. The summed E-state index contributed by atoms with van der Waals surface area (Å²) in [7, 11) is 0. The Kier molecular flexibility index (Phi) is 6.28. The highest BCUT2D eigenvalue weighted by Crippen LogP contribution is 2.43. The van der Waals surface area contributed by atoms with Crippen LogP contribution in [0.25, 0.3) is 0 Å². The molecule has 3 aromatic rings. The standard InChI is InChI=1S/C28H29N3O3/c32-26(23-11-5-2-6-12-23)19-28(34)24-13-7-8-14-25(24)31(27(28)33)21-30-17-15-29(16-18-30)20-22-9-3-1-4-10-22/h1-14,34H,15-21H2.